The lowest BCUT2D eigenvalue weighted by Crippen LogP contribution is -2.14. The first-order valence-electron chi connectivity index (χ1n) is 11.6. The number of nitrogens with one attached hydrogen (secondary N) is 2. The SMILES string of the molecule is NC(=O)c1cccc(-c2cn[nH]c2)c1-c1nc(CCC(=O)Nc2ccccc2)cn1-c1cccc(Br)c1. The maximum Gasteiger partial charge on any atom is 0.249 e. The molecular formula is C28H23BrN6O2. The van der Waals surface area contributed by atoms with Gasteiger partial charge in [-0.1, -0.05) is 52.3 Å². The first-order chi connectivity index (χ1) is 18.0. The summed E-state index contributed by atoms with van der Waals surface area (Å²) in [7, 11) is 0. The molecule has 3 aromatic carbocycles. The van der Waals surface area contributed by atoms with Gasteiger partial charge in [0.05, 0.1) is 17.5 Å². The van der Waals surface area contributed by atoms with Crippen molar-refractivity contribution in [2.45, 2.75) is 12.8 Å². The van der Waals surface area contributed by atoms with E-state index in [4.69, 9.17) is 10.7 Å². The van der Waals surface area contributed by atoms with E-state index in [9.17, 15) is 9.59 Å². The zero-order valence-electron chi connectivity index (χ0n) is 19.7. The third-order valence-electron chi connectivity index (χ3n) is 5.87. The van der Waals surface area contributed by atoms with Gasteiger partial charge in [-0.15, -0.1) is 0 Å². The largest absolute Gasteiger partial charge is 0.366 e. The van der Waals surface area contributed by atoms with Gasteiger partial charge in [-0.3, -0.25) is 19.3 Å². The smallest absolute Gasteiger partial charge is 0.249 e. The fourth-order valence-electron chi connectivity index (χ4n) is 4.17. The van der Waals surface area contributed by atoms with Gasteiger partial charge >= 0.3 is 0 Å². The molecule has 0 unspecified atom stereocenters. The van der Waals surface area contributed by atoms with Crippen molar-refractivity contribution < 1.29 is 9.59 Å². The molecule has 0 saturated carbocycles. The molecule has 2 heterocycles. The van der Waals surface area contributed by atoms with Gasteiger partial charge in [0.15, 0.2) is 0 Å². The molecular weight excluding hydrogens is 532 g/mol. The predicted octanol–water partition coefficient (Wildman–Crippen LogP) is 5.36. The van der Waals surface area contributed by atoms with Crippen molar-refractivity contribution in [2.75, 3.05) is 5.32 Å². The van der Waals surface area contributed by atoms with E-state index in [0.717, 1.165) is 27.0 Å². The van der Waals surface area contributed by atoms with Gasteiger partial charge in [0.1, 0.15) is 5.82 Å². The first-order valence-corrected chi connectivity index (χ1v) is 12.4. The molecule has 4 N–H and O–H groups in total. The topological polar surface area (TPSA) is 119 Å². The van der Waals surface area contributed by atoms with Crippen LogP contribution in [-0.2, 0) is 11.2 Å². The van der Waals surface area contributed by atoms with E-state index >= 15 is 0 Å². The number of aromatic amines is 1. The molecule has 0 aliphatic rings. The number of aryl methyl sites for hydroxylation is 1. The summed E-state index contributed by atoms with van der Waals surface area (Å²) in [4.78, 5) is 30.0. The van der Waals surface area contributed by atoms with Gasteiger partial charge in [0.25, 0.3) is 0 Å². The van der Waals surface area contributed by atoms with Crippen LogP contribution >= 0.6 is 15.9 Å². The Labute approximate surface area is 221 Å². The summed E-state index contributed by atoms with van der Waals surface area (Å²) in [6.45, 7) is 0. The van der Waals surface area contributed by atoms with Crippen LogP contribution in [0.15, 0.2) is 95.9 Å². The quantitative estimate of drug-likeness (QED) is 0.239. The number of hydrogen-bond acceptors (Lipinski definition) is 4. The molecule has 0 fully saturated rings. The summed E-state index contributed by atoms with van der Waals surface area (Å²) in [5, 5.41) is 9.80. The summed E-state index contributed by atoms with van der Waals surface area (Å²) < 4.78 is 2.81. The van der Waals surface area contributed by atoms with E-state index < -0.39 is 5.91 Å². The summed E-state index contributed by atoms with van der Waals surface area (Å²) in [6.07, 6.45) is 5.99. The summed E-state index contributed by atoms with van der Waals surface area (Å²) in [5.41, 5.74) is 10.6. The normalized spacial score (nSPS) is 10.8. The fourth-order valence-corrected chi connectivity index (χ4v) is 4.56. The highest BCUT2D eigenvalue weighted by atomic mass is 79.9. The Bertz CT molecular complexity index is 1560. The van der Waals surface area contributed by atoms with Crippen LogP contribution in [0.2, 0.25) is 0 Å². The number of carbonyl (C=O) groups is 2. The number of halogens is 1. The monoisotopic (exact) mass is 554 g/mol. The van der Waals surface area contributed by atoms with Gasteiger partial charge in [0, 0.05) is 45.8 Å². The van der Waals surface area contributed by atoms with E-state index in [2.05, 4.69) is 31.4 Å². The summed E-state index contributed by atoms with van der Waals surface area (Å²) >= 11 is 3.54. The van der Waals surface area contributed by atoms with Crippen LogP contribution in [-0.4, -0.2) is 31.6 Å². The molecule has 2 amide bonds. The molecule has 0 atom stereocenters. The fraction of sp³-hybridized carbons (Fsp3) is 0.0714. The highest BCUT2D eigenvalue weighted by Crippen LogP contribution is 2.36. The summed E-state index contributed by atoms with van der Waals surface area (Å²) in [5.74, 6) is -0.128. The molecule has 8 nitrogen and oxygen atoms in total. The Hall–Kier alpha value is -4.50. The lowest BCUT2D eigenvalue weighted by molar-refractivity contribution is -0.116. The van der Waals surface area contributed by atoms with Gasteiger partial charge in [-0.05, 0) is 48.4 Å². The average molecular weight is 555 g/mol. The molecule has 5 aromatic rings. The maximum absolute atomic E-state index is 12.6. The highest BCUT2D eigenvalue weighted by Gasteiger charge is 2.22. The zero-order chi connectivity index (χ0) is 25.8. The van der Waals surface area contributed by atoms with Crippen LogP contribution in [0, 0.1) is 0 Å². The molecule has 0 spiro atoms. The minimum Gasteiger partial charge on any atom is -0.366 e. The van der Waals surface area contributed by atoms with Gasteiger partial charge in [0.2, 0.25) is 11.8 Å². The molecule has 5 rings (SSSR count). The predicted molar refractivity (Wildman–Crippen MR) is 146 cm³/mol. The number of nitrogens with two attached hydrogens (primary N) is 1. The van der Waals surface area contributed by atoms with Gasteiger partial charge < -0.3 is 11.1 Å². The lowest BCUT2D eigenvalue weighted by atomic mass is 9.96. The number of nitrogens with zero attached hydrogens (tertiary/aromatic N) is 3. The van der Waals surface area contributed by atoms with Crippen molar-refractivity contribution in [2.24, 2.45) is 5.73 Å². The third kappa shape index (κ3) is 5.36. The minimum absolute atomic E-state index is 0.110. The molecule has 0 aliphatic heterocycles. The second kappa shape index (κ2) is 10.6. The number of hydrogen-bond donors (Lipinski definition) is 3. The molecule has 184 valence electrons. The second-order valence-electron chi connectivity index (χ2n) is 8.40. The Balaban J connectivity index is 1.58. The van der Waals surface area contributed by atoms with Crippen LogP contribution in [0.1, 0.15) is 22.5 Å². The van der Waals surface area contributed by atoms with Crippen LogP contribution in [0.25, 0.3) is 28.2 Å². The van der Waals surface area contributed by atoms with Crippen molar-refractivity contribution in [1.29, 1.82) is 0 Å². The standard InChI is InChI=1S/C28H23BrN6O2/c29-19-6-4-9-22(14-19)35-17-21(12-13-25(36)33-20-7-2-1-3-8-20)34-28(35)26-23(18-15-31-32-16-18)10-5-11-24(26)27(30)37/h1-11,14-17H,12-13H2,(H2,30,37)(H,31,32)(H,33,36). The Morgan fingerprint density at radius 3 is 2.57 bits per heavy atom. The van der Waals surface area contributed by atoms with Gasteiger partial charge in [-0.25, -0.2) is 4.98 Å². The molecule has 9 heteroatoms. The first kappa shape index (κ1) is 24.2. The van der Waals surface area contributed by atoms with Gasteiger partial charge in [-0.2, -0.15) is 5.10 Å². The number of amides is 2. The van der Waals surface area contributed by atoms with Crippen LogP contribution < -0.4 is 11.1 Å². The molecule has 0 bridgehead atoms. The van der Waals surface area contributed by atoms with E-state index in [0.29, 0.717) is 29.1 Å². The van der Waals surface area contributed by atoms with E-state index in [1.165, 1.54) is 0 Å². The van der Waals surface area contributed by atoms with Crippen molar-refractivity contribution in [3.05, 3.63) is 107 Å². The van der Waals surface area contributed by atoms with E-state index in [-0.39, 0.29) is 12.3 Å². The Morgan fingerprint density at radius 2 is 1.84 bits per heavy atom. The number of carbonyl (C=O) groups excluding carboxylic acids is 2. The molecule has 0 saturated heterocycles. The zero-order valence-corrected chi connectivity index (χ0v) is 21.3. The summed E-state index contributed by atoms with van der Waals surface area (Å²) in [6, 6.07) is 22.5. The van der Waals surface area contributed by atoms with Crippen LogP contribution in [0.5, 0.6) is 0 Å². The highest BCUT2D eigenvalue weighted by molar-refractivity contribution is 9.10. The number of aromatic nitrogens is 4. The number of rotatable bonds is 8. The van der Waals surface area contributed by atoms with Crippen molar-refractivity contribution in [1.82, 2.24) is 19.7 Å². The number of anilines is 1. The van der Waals surface area contributed by atoms with Crippen LogP contribution in [0.4, 0.5) is 5.69 Å². The molecule has 0 radical (unpaired) electrons. The van der Waals surface area contributed by atoms with E-state index in [1.807, 2.05) is 71.4 Å². The Morgan fingerprint density at radius 1 is 1.03 bits per heavy atom. The molecule has 0 aliphatic carbocycles. The molecule has 2 aromatic heterocycles. The third-order valence-corrected chi connectivity index (χ3v) is 6.36. The van der Waals surface area contributed by atoms with Crippen LogP contribution in [0.3, 0.4) is 0 Å². The second-order valence-corrected chi connectivity index (χ2v) is 9.31. The molecule has 37 heavy (non-hydrogen) atoms. The Kier molecular flexibility index (Phi) is 6.96. The van der Waals surface area contributed by atoms with E-state index in [1.54, 1.807) is 24.5 Å². The number of para-hydroxylation sites is 1. The van der Waals surface area contributed by atoms with Crippen molar-refractivity contribution >= 4 is 33.4 Å². The minimum atomic E-state index is -0.562. The maximum atomic E-state index is 12.6. The number of H-pyrrole nitrogens is 1. The number of primary amides is 1. The van der Waals surface area contributed by atoms with Crippen molar-refractivity contribution in [3.63, 3.8) is 0 Å². The number of benzene rings is 3. The van der Waals surface area contributed by atoms with Crippen molar-refractivity contribution in [3.8, 4) is 28.2 Å². The number of imidazole rings is 1. The lowest BCUT2D eigenvalue weighted by Gasteiger charge is -2.14. The average Bonchev–Trinajstić information content (AvgIpc) is 3.58.